The van der Waals surface area contributed by atoms with E-state index in [4.69, 9.17) is 4.98 Å². The molecule has 3 heterocycles. The van der Waals surface area contributed by atoms with E-state index in [1.54, 1.807) is 0 Å². The number of aromatic nitrogens is 3. The zero-order valence-corrected chi connectivity index (χ0v) is 10.9. The van der Waals surface area contributed by atoms with Gasteiger partial charge in [0.2, 0.25) is 0 Å². The highest BCUT2D eigenvalue weighted by Gasteiger charge is 2.17. The molecule has 1 aliphatic heterocycles. The monoisotopic (exact) mass is 247 g/mol. The number of thioether (sulfide) groups is 1. The number of hydrogen-bond donors (Lipinski definition) is 0. The van der Waals surface area contributed by atoms with E-state index in [0.717, 1.165) is 23.5 Å². The summed E-state index contributed by atoms with van der Waals surface area (Å²) in [6.45, 7) is 0. The Balaban J connectivity index is 1.87. The van der Waals surface area contributed by atoms with Crippen molar-refractivity contribution in [2.75, 3.05) is 11.5 Å². The lowest BCUT2D eigenvalue weighted by atomic mass is 10.0. The molecule has 2 aromatic rings. The Morgan fingerprint density at radius 2 is 2.47 bits per heavy atom. The molecule has 1 saturated heterocycles. The number of nitrogens with zero attached hydrogens (tertiary/aromatic N) is 3. The van der Waals surface area contributed by atoms with Crippen molar-refractivity contribution in [1.29, 1.82) is 0 Å². The van der Waals surface area contributed by atoms with E-state index in [0.29, 0.717) is 0 Å². The van der Waals surface area contributed by atoms with E-state index >= 15 is 0 Å². The van der Waals surface area contributed by atoms with Crippen LogP contribution in [0.4, 0.5) is 0 Å². The second-order valence-electron chi connectivity index (χ2n) is 4.72. The lowest BCUT2D eigenvalue weighted by Crippen LogP contribution is -2.15. The molecule has 3 nitrogen and oxygen atoms in total. The molecule has 1 fully saturated rings. The van der Waals surface area contributed by atoms with Gasteiger partial charge in [0.1, 0.15) is 11.3 Å². The summed E-state index contributed by atoms with van der Waals surface area (Å²) in [6, 6.07) is 4.00. The van der Waals surface area contributed by atoms with E-state index < -0.39 is 0 Å². The fourth-order valence-corrected chi connectivity index (χ4v) is 3.63. The van der Waals surface area contributed by atoms with Crippen molar-refractivity contribution in [3.8, 4) is 0 Å². The number of rotatable bonds is 2. The first-order valence-electron chi connectivity index (χ1n) is 6.18. The van der Waals surface area contributed by atoms with Crippen molar-refractivity contribution in [1.82, 2.24) is 14.5 Å². The minimum Gasteiger partial charge on any atom is -0.316 e. The summed E-state index contributed by atoms with van der Waals surface area (Å²) in [5.74, 6) is 4.60. The molecule has 0 spiro atoms. The highest BCUT2D eigenvalue weighted by Crippen LogP contribution is 2.26. The zero-order chi connectivity index (χ0) is 11.7. The molecule has 3 rings (SSSR count). The van der Waals surface area contributed by atoms with E-state index in [9.17, 15) is 0 Å². The quantitative estimate of drug-likeness (QED) is 0.817. The average Bonchev–Trinajstić information content (AvgIpc) is 2.68. The van der Waals surface area contributed by atoms with Gasteiger partial charge in [-0.25, -0.2) is 9.97 Å². The van der Waals surface area contributed by atoms with Gasteiger partial charge >= 0.3 is 0 Å². The molecule has 0 bridgehead atoms. The van der Waals surface area contributed by atoms with Crippen LogP contribution in [0, 0.1) is 5.92 Å². The van der Waals surface area contributed by atoms with Crippen molar-refractivity contribution in [2.24, 2.45) is 13.0 Å². The topological polar surface area (TPSA) is 30.7 Å². The second-order valence-corrected chi connectivity index (χ2v) is 5.87. The Labute approximate surface area is 106 Å². The molecule has 0 N–H and O–H groups in total. The van der Waals surface area contributed by atoms with Gasteiger partial charge in [-0.3, -0.25) is 0 Å². The molecule has 0 amide bonds. The van der Waals surface area contributed by atoms with Crippen LogP contribution in [0.1, 0.15) is 18.7 Å². The van der Waals surface area contributed by atoms with Crippen LogP contribution in [-0.2, 0) is 13.5 Å². The molecule has 1 unspecified atom stereocenters. The summed E-state index contributed by atoms with van der Waals surface area (Å²) in [5, 5.41) is 0. The Kier molecular flexibility index (Phi) is 3.05. The van der Waals surface area contributed by atoms with Crippen LogP contribution in [0.3, 0.4) is 0 Å². The SMILES string of the molecule is Cn1c(CC2CCCSC2)nc2cccnc21. The van der Waals surface area contributed by atoms with E-state index in [2.05, 4.69) is 28.4 Å². The van der Waals surface area contributed by atoms with Gasteiger partial charge in [-0.05, 0) is 42.4 Å². The van der Waals surface area contributed by atoms with Gasteiger partial charge in [0.15, 0.2) is 5.65 Å². The predicted octanol–water partition coefficient (Wildman–Crippen LogP) is 2.65. The van der Waals surface area contributed by atoms with E-state index in [1.807, 2.05) is 18.3 Å². The molecule has 1 aliphatic rings. The third kappa shape index (κ3) is 2.18. The van der Waals surface area contributed by atoms with Crippen LogP contribution in [0.5, 0.6) is 0 Å². The Morgan fingerprint density at radius 3 is 3.24 bits per heavy atom. The summed E-state index contributed by atoms with van der Waals surface area (Å²) in [5.41, 5.74) is 2.03. The molecule has 0 radical (unpaired) electrons. The summed E-state index contributed by atoms with van der Waals surface area (Å²) in [7, 11) is 2.08. The van der Waals surface area contributed by atoms with Crippen LogP contribution < -0.4 is 0 Å². The standard InChI is InChI=1S/C13H17N3S/c1-16-12(8-10-4-3-7-17-9-10)15-11-5-2-6-14-13(11)16/h2,5-6,10H,3-4,7-9H2,1H3. The molecular formula is C13H17N3S. The van der Waals surface area contributed by atoms with Gasteiger partial charge in [-0.15, -0.1) is 0 Å². The average molecular weight is 247 g/mol. The lowest BCUT2D eigenvalue weighted by Gasteiger charge is -2.20. The molecule has 0 aromatic carbocycles. The number of hydrogen-bond acceptors (Lipinski definition) is 3. The third-order valence-corrected chi connectivity index (χ3v) is 4.73. The van der Waals surface area contributed by atoms with Gasteiger partial charge < -0.3 is 4.57 Å². The zero-order valence-electron chi connectivity index (χ0n) is 10.1. The maximum Gasteiger partial charge on any atom is 0.159 e. The van der Waals surface area contributed by atoms with Crippen molar-refractivity contribution in [2.45, 2.75) is 19.3 Å². The number of imidazole rings is 1. The largest absolute Gasteiger partial charge is 0.316 e. The molecule has 0 saturated carbocycles. The van der Waals surface area contributed by atoms with Gasteiger partial charge in [-0.2, -0.15) is 11.8 Å². The smallest absolute Gasteiger partial charge is 0.159 e. The number of fused-ring (bicyclic) bond motifs is 1. The van der Waals surface area contributed by atoms with E-state index in [1.165, 1.54) is 30.2 Å². The molecule has 4 heteroatoms. The van der Waals surface area contributed by atoms with Gasteiger partial charge in [0, 0.05) is 19.7 Å². The third-order valence-electron chi connectivity index (χ3n) is 3.45. The number of pyridine rings is 1. The summed E-state index contributed by atoms with van der Waals surface area (Å²) in [6.07, 6.45) is 5.64. The molecule has 2 aromatic heterocycles. The molecule has 17 heavy (non-hydrogen) atoms. The van der Waals surface area contributed by atoms with Gasteiger partial charge in [0.05, 0.1) is 0 Å². The Bertz CT molecular complexity index is 514. The molecule has 0 aliphatic carbocycles. The maximum absolute atomic E-state index is 4.70. The second kappa shape index (κ2) is 4.69. The van der Waals surface area contributed by atoms with Crippen molar-refractivity contribution in [3.05, 3.63) is 24.2 Å². The van der Waals surface area contributed by atoms with Crippen molar-refractivity contribution >= 4 is 22.9 Å². The fourth-order valence-electron chi connectivity index (χ4n) is 2.48. The van der Waals surface area contributed by atoms with Crippen LogP contribution in [0.15, 0.2) is 18.3 Å². The van der Waals surface area contributed by atoms with Crippen LogP contribution >= 0.6 is 11.8 Å². The van der Waals surface area contributed by atoms with Gasteiger partial charge in [0.25, 0.3) is 0 Å². The predicted molar refractivity (Wildman–Crippen MR) is 72.3 cm³/mol. The first-order chi connectivity index (χ1) is 8.34. The maximum atomic E-state index is 4.70. The Morgan fingerprint density at radius 1 is 1.53 bits per heavy atom. The Hall–Kier alpha value is -1.03. The number of aryl methyl sites for hydroxylation is 1. The highest BCUT2D eigenvalue weighted by atomic mass is 32.2. The molecule has 1 atom stereocenters. The first kappa shape index (κ1) is 11.1. The van der Waals surface area contributed by atoms with Crippen molar-refractivity contribution < 1.29 is 0 Å². The highest BCUT2D eigenvalue weighted by molar-refractivity contribution is 7.99. The summed E-state index contributed by atoms with van der Waals surface area (Å²) < 4.78 is 2.15. The minimum atomic E-state index is 0.796. The first-order valence-corrected chi connectivity index (χ1v) is 7.34. The normalized spacial score (nSPS) is 20.9. The van der Waals surface area contributed by atoms with Gasteiger partial charge in [-0.1, -0.05) is 0 Å². The molecular weight excluding hydrogens is 230 g/mol. The summed E-state index contributed by atoms with van der Waals surface area (Å²) >= 11 is 2.08. The van der Waals surface area contributed by atoms with Crippen LogP contribution in [0.2, 0.25) is 0 Å². The van der Waals surface area contributed by atoms with Crippen LogP contribution in [-0.4, -0.2) is 26.0 Å². The van der Waals surface area contributed by atoms with Crippen molar-refractivity contribution in [3.63, 3.8) is 0 Å². The van der Waals surface area contributed by atoms with E-state index in [-0.39, 0.29) is 0 Å². The van der Waals surface area contributed by atoms with Crippen LogP contribution in [0.25, 0.3) is 11.2 Å². The molecule has 90 valence electrons. The summed E-state index contributed by atoms with van der Waals surface area (Å²) in [4.78, 5) is 9.09. The minimum absolute atomic E-state index is 0.796. The fraction of sp³-hybridized carbons (Fsp3) is 0.538. The lowest BCUT2D eigenvalue weighted by molar-refractivity contribution is 0.502.